The molecule has 19 heavy (non-hydrogen) atoms. The fraction of sp³-hybridized carbons (Fsp3) is 0.154. The molecular weight excluding hydrogens is 246 g/mol. The normalized spacial score (nSPS) is 9.89. The minimum Gasteiger partial charge on any atom is -0.451 e. The lowest BCUT2D eigenvalue weighted by molar-refractivity contribution is -0.120. The summed E-state index contributed by atoms with van der Waals surface area (Å²) in [6, 6.07) is 8.71. The van der Waals surface area contributed by atoms with Crippen LogP contribution in [0.25, 0.3) is 0 Å². The predicted octanol–water partition coefficient (Wildman–Crippen LogP) is 0.721. The van der Waals surface area contributed by atoms with Crippen LogP contribution in [0.4, 0.5) is 0 Å². The quantitative estimate of drug-likeness (QED) is 0.828. The molecule has 1 aromatic carbocycles. The van der Waals surface area contributed by atoms with Crippen LogP contribution in [0.3, 0.4) is 0 Å². The highest BCUT2D eigenvalue weighted by atomic mass is 16.3. The molecule has 0 aliphatic rings. The van der Waals surface area contributed by atoms with E-state index in [1.165, 1.54) is 12.7 Å². The van der Waals surface area contributed by atoms with E-state index in [1.807, 2.05) is 6.07 Å². The molecule has 0 aliphatic heterocycles. The maximum atomic E-state index is 11.7. The van der Waals surface area contributed by atoms with E-state index < -0.39 is 0 Å². The summed E-state index contributed by atoms with van der Waals surface area (Å²) in [6.45, 7) is 0.197. The zero-order chi connectivity index (χ0) is 13.5. The maximum Gasteiger partial charge on any atom is 0.251 e. The summed E-state index contributed by atoms with van der Waals surface area (Å²) in [5.41, 5.74) is 1.15. The van der Waals surface area contributed by atoms with Crippen LogP contribution in [0.2, 0.25) is 0 Å². The molecule has 2 aromatic rings. The number of nitrogens with zero attached hydrogens (tertiary/aromatic N) is 1. The van der Waals surface area contributed by atoms with Crippen molar-refractivity contribution < 1.29 is 14.0 Å². The molecule has 0 fully saturated rings. The molecule has 2 rings (SSSR count). The van der Waals surface area contributed by atoms with E-state index in [0.29, 0.717) is 11.3 Å². The number of carbonyl (C=O) groups is 2. The van der Waals surface area contributed by atoms with Crippen LogP contribution in [0.5, 0.6) is 0 Å². The molecule has 0 aliphatic carbocycles. The third kappa shape index (κ3) is 3.95. The van der Waals surface area contributed by atoms with Gasteiger partial charge in [0.2, 0.25) is 5.91 Å². The molecule has 0 saturated heterocycles. The molecule has 0 bridgehead atoms. The van der Waals surface area contributed by atoms with Gasteiger partial charge in [-0.3, -0.25) is 9.59 Å². The second kappa shape index (κ2) is 6.34. The van der Waals surface area contributed by atoms with Crippen molar-refractivity contribution in [2.24, 2.45) is 0 Å². The number of oxazole rings is 1. The molecular formula is C13H13N3O3. The van der Waals surface area contributed by atoms with Gasteiger partial charge in [-0.05, 0) is 12.1 Å². The lowest BCUT2D eigenvalue weighted by Gasteiger charge is -2.05. The van der Waals surface area contributed by atoms with Crippen LogP contribution in [-0.4, -0.2) is 23.3 Å². The molecule has 6 heteroatoms. The highest BCUT2D eigenvalue weighted by molar-refractivity contribution is 5.96. The van der Waals surface area contributed by atoms with Crippen LogP contribution in [0, 0.1) is 0 Å². The first-order valence-corrected chi connectivity index (χ1v) is 5.73. The molecule has 6 nitrogen and oxygen atoms in total. The zero-order valence-electron chi connectivity index (χ0n) is 10.1. The largest absolute Gasteiger partial charge is 0.451 e. The number of hydrogen-bond acceptors (Lipinski definition) is 4. The van der Waals surface area contributed by atoms with Gasteiger partial charge in [0.15, 0.2) is 6.39 Å². The second-order valence-corrected chi connectivity index (χ2v) is 3.81. The molecule has 0 spiro atoms. The van der Waals surface area contributed by atoms with Gasteiger partial charge in [-0.15, -0.1) is 0 Å². The van der Waals surface area contributed by atoms with Crippen LogP contribution in [0.15, 0.2) is 47.4 Å². The second-order valence-electron chi connectivity index (χ2n) is 3.81. The predicted molar refractivity (Wildman–Crippen MR) is 67.1 cm³/mol. The summed E-state index contributed by atoms with van der Waals surface area (Å²) in [5.74, 6) is -0.565. The first-order chi connectivity index (χ1) is 9.25. The van der Waals surface area contributed by atoms with Gasteiger partial charge in [0.1, 0.15) is 6.26 Å². The van der Waals surface area contributed by atoms with Gasteiger partial charge in [0.25, 0.3) is 5.91 Å². The first kappa shape index (κ1) is 12.8. The molecule has 98 valence electrons. The van der Waals surface area contributed by atoms with Crippen LogP contribution < -0.4 is 10.6 Å². The average molecular weight is 259 g/mol. The third-order valence-electron chi connectivity index (χ3n) is 2.40. The van der Waals surface area contributed by atoms with Gasteiger partial charge in [-0.2, -0.15) is 0 Å². The van der Waals surface area contributed by atoms with E-state index in [9.17, 15) is 9.59 Å². The van der Waals surface area contributed by atoms with Crippen molar-refractivity contribution in [1.29, 1.82) is 0 Å². The Morgan fingerprint density at radius 2 is 1.95 bits per heavy atom. The molecule has 0 saturated carbocycles. The number of rotatable bonds is 5. The van der Waals surface area contributed by atoms with Crippen molar-refractivity contribution in [2.45, 2.75) is 6.54 Å². The molecule has 2 amide bonds. The summed E-state index contributed by atoms with van der Waals surface area (Å²) in [6.07, 6.45) is 2.74. The number of benzene rings is 1. The lowest BCUT2D eigenvalue weighted by Crippen LogP contribution is -2.36. The number of hydrogen-bond donors (Lipinski definition) is 2. The van der Waals surface area contributed by atoms with Crippen molar-refractivity contribution in [3.63, 3.8) is 0 Å². The van der Waals surface area contributed by atoms with Crippen LogP contribution in [0.1, 0.15) is 16.1 Å². The number of aromatic nitrogens is 1. The lowest BCUT2D eigenvalue weighted by atomic mass is 10.2. The number of carbonyl (C=O) groups excluding carboxylic acids is 2. The van der Waals surface area contributed by atoms with Crippen molar-refractivity contribution >= 4 is 11.8 Å². The molecule has 0 radical (unpaired) electrons. The highest BCUT2D eigenvalue weighted by Crippen LogP contribution is 1.97. The average Bonchev–Trinajstić information content (AvgIpc) is 2.96. The summed E-state index contributed by atoms with van der Waals surface area (Å²) in [7, 11) is 0. The Bertz CT molecular complexity index is 538. The van der Waals surface area contributed by atoms with E-state index in [2.05, 4.69) is 15.6 Å². The standard InChI is InChI=1S/C13H13N3O3/c17-12(14-6-11-8-19-9-16-11)7-15-13(18)10-4-2-1-3-5-10/h1-5,8-9H,6-7H2,(H,14,17)(H,15,18). The molecule has 1 aromatic heterocycles. The zero-order valence-corrected chi connectivity index (χ0v) is 10.1. The van der Waals surface area contributed by atoms with Gasteiger partial charge < -0.3 is 15.1 Å². The Morgan fingerprint density at radius 1 is 1.16 bits per heavy atom. The highest BCUT2D eigenvalue weighted by Gasteiger charge is 2.07. The summed E-state index contributed by atoms with van der Waals surface area (Å²) in [5, 5.41) is 5.15. The third-order valence-corrected chi connectivity index (χ3v) is 2.40. The molecule has 0 unspecified atom stereocenters. The molecule has 2 N–H and O–H groups in total. The van der Waals surface area contributed by atoms with Gasteiger partial charge in [-0.25, -0.2) is 4.98 Å². The van der Waals surface area contributed by atoms with E-state index in [1.54, 1.807) is 24.3 Å². The smallest absolute Gasteiger partial charge is 0.251 e. The Hall–Kier alpha value is -2.63. The fourth-order valence-electron chi connectivity index (χ4n) is 1.43. The Morgan fingerprint density at radius 3 is 2.63 bits per heavy atom. The SMILES string of the molecule is O=C(CNC(=O)c1ccccc1)NCc1cocn1. The maximum absolute atomic E-state index is 11.7. The van der Waals surface area contributed by atoms with Crippen molar-refractivity contribution in [1.82, 2.24) is 15.6 Å². The van der Waals surface area contributed by atoms with E-state index in [0.717, 1.165) is 0 Å². The van der Waals surface area contributed by atoms with Crippen LogP contribution in [-0.2, 0) is 11.3 Å². The summed E-state index contributed by atoms with van der Waals surface area (Å²) < 4.78 is 4.77. The van der Waals surface area contributed by atoms with Gasteiger partial charge in [-0.1, -0.05) is 18.2 Å². The van der Waals surface area contributed by atoms with Gasteiger partial charge in [0.05, 0.1) is 18.8 Å². The van der Waals surface area contributed by atoms with E-state index in [4.69, 9.17) is 4.42 Å². The minimum atomic E-state index is -0.285. The summed E-state index contributed by atoms with van der Waals surface area (Å²) >= 11 is 0. The summed E-state index contributed by atoms with van der Waals surface area (Å²) in [4.78, 5) is 27.0. The van der Waals surface area contributed by atoms with E-state index >= 15 is 0 Å². The van der Waals surface area contributed by atoms with Crippen molar-refractivity contribution in [3.05, 3.63) is 54.2 Å². The monoisotopic (exact) mass is 259 g/mol. The van der Waals surface area contributed by atoms with Crippen molar-refractivity contribution in [3.8, 4) is 0 Å². The molecule has 0 atom stereocenters. The topological polar surface area (TPSA) is 84.2 Å². The van der Waals surface area contributed by atoms with Gasteiger partial charge >= 0.3 is 0 Å². The minimum absolute atomic E-state index is 0.0778. The first-order valence-electron chi connectivity index (χ1n) is 5.73. The Labute approximate surface area is 109 Å². The number of amides is 2. The molecule has 1 heterocycles. The van der Waals surface area contributed by atoms with Crippen LogP contribution >= 0.6 is 0 Å². The fourth-order valence-corrected chi connectivity index (χ4v) is 1.43. The Kier molecular flexibility index (Phi) is 4.28. The van der Waals surface area contributed by atoms with Crippen molar-refractivity contribution in [2.75, 3.05) is 6.54 Å². The Balaban J connectivity index is 1.73. The van der Waals surface area contributed by atoms with Gasteiger partial charge in [0, 0.05) is 5.56 Å². The van der Waals surface area contributed by atoms with E-state index in [-0.39, 0.29) is 24.9 Å². The number of nitrogens with one attached hydrogen (secondary N) is 2.